The van der Waals surface area contributed by atoms with E-state index in [9.17, 15) is 22.4 Å². The molecule has 0 atom stereocenters. The fourth-order valence-corrected chi connectivity index (χ4v) is 5.12. The van der Waals surface area contributed by atoms with Crippen LogP contribution in [0.2, 0.25) is 5.02 Å². The predicted octanol–water partition coefficient (Wildman–Crippen LogP) is 5.79. The molecule has 1 fully saturated rings. The number of aryl methyl sites for hydroxylation is 1. The number of halogens is 2. The second-order valence-electron chi connectivity index (χ2n) is 7.39. The van der Waals surface area contributed by atoms with Gasteiger partial charge in [0.2, 0.25) is 0 Å². The Bertz CT molecular complexity index is 1380. The molecule has 0 saturated carbocycles. The summed E-state index contributed by atoms with van der Waals surface area (Å²) in [6.45, 7) is 1.57. The summed E-state index contributed by atoms with van der Waals surface area (Å²) in [5.74, 6) is -1.08. The van der Waals surface area contributed by atoms with E-state index in [-0.39, 0.29) is 32.7 Å². The first-order valence-corrected chi connectivity index (χ1v) is 12.5. The molecule has 4 rings (SSSR count). The Morgan fingerprint density at radius 2 is 1.71 bits per heavy atom. The average molecular weight is 518 g/mol. The summed E-state index contributed by atoms with van der Waals surface area (Å²) in [4.78, 5) is 26.2. The zero-order chi connectivity index (χ0) is 24.5. The van der Waals surface area contributed by atoms with Crippen molar-refractivity contribution in [2.45, 2.75) is 18.4 Å². The minimum Gasteiger partial charge on any atom is -0.379 e. The molecule has 34 heavy (non-hydrogen) atoms. The third-order valence-electron chi connectivity index (χ3n) is 4.94. The van der Waals surface area contributed by atoms with Crippen LogP contribution in [0.1, 0.15) is 16.7 Å². The maximum Gasteiger partial charge on any atom is 0.339 e. The summed E-state index contributed by atoms with van der Waals surface area (Å²) >= 11 is 6.74. The van der Waals surface area contributed by atoms with E-state index in [1.807, 2.05) is 6.92 Å². The summed E-state index contributed by atoms with van der Waals surface area (Å²) in [5.41, 5.74) is 1.53. The molecule has 1 aliphatic heterocycles. The summed E-state index contributed by atoms with van der Waals surface area (Å²) in [6, 6.07) is 16.4. The van der Waals surface area contributed by atoms with Crippen molar-refractivity contribution in [3.05, 3.63) is 99.2 Å². The van der Waals surface area contributed by atoms with Crippen molar-refractivity contribution in [3.63, 3.8) is 0 Å². The Hall–Kier alpha value is -3.14. The van der Waals surface area contributed by atoms with Gasteiger partial charge in [-0.3, -0.25) is 14.5 Å². The highest BCUT2D eigenvalue weighted by molar-refractivity contribution is 8.18. The van der Waals surface area contributed by atoms with Gasteiger partial charge in [-0.15, -0.1) is 0 Å². The number of carbonyl (C=O) groups excluding carboxylic acids is 2. The molecule has 3 aromatic rings. The lowest BCUT2D eigenvalue weighted by Gasteiger charge is -2.14. The SMILES string of the molecule is Cc1ccc(S(=O)(=O)Oc2ccc(/C=C3\SC(=O)N(Cc4c(F)cccc4Cl)C3=O)cc2)cc1. The summed E-state index contributed by atoms with van der Waals surface area (Å²) < 4.78 is 44.1. The Morgan fingerprint density at radius 1 is 1.03 bits per heavy atom. The van der Waals surface area contributed by atoms with Crippen molar-refractivity contribution >= 4 is 50.7 Å². The van der Waals surface area contributed by atoms with Crippen LogP contribution in [0.15, 0.2) is 76.5 Å². The molecule has 1 aliphatic rings. The van der Waals surface area contributed by atoms with E-state index in [1.165, 1.54) is 48.5 Å². The molecule has 10 heteroatoms. The minimum absolute atomic E-state index is 0.0332. The average Bonchev–Trinajstić information content (AvgIpc) is 3.05. The number of amides is 2. The molecule has 0 bridgehead atoms. The standard InChI is InChI=1S/C24H17ClFNO5S2/c1-15-5-11-18(12-6-15)34(30,31)32-17-9-7-16(8-10-17)13-22-23(28)27(24(29)33-22)14-19-20(25)3-2-4-21(19)26/h2-13H,14H2,1H3/b22-13-. The van der Waals surface area contributed by atoms with Crippen molar-refractivity contribution in [3.8, 4) is 5.75 Å². The summed E-state index contributed by atoms with van der Waals surface area (Å²) in [6.07, 6.45) is 1.49. The summed E-state index contributed by atoms with van der Waals surface area (Å²) in [5, 5.41) is -0.418. The number of nitrogens with zero attached hydrogens (tertiary/aromatic N) is 1. The monoisotopic (exact) mass is 517 g/mol. The molecule has 0 aromatic heterocycles. The minimum atomic E-state index is -3.99. The van der Waals surface area contributed by atoms with Crippen LogP contribution < -0.4 is 4.18 Å². The third kappa shape index (κ3) is 5.16. The Kier molecular flexibility index (Phi) is 6.79. The molecule has 0 spiro atoms. The van der Waals surface area contributed by atoms with Crippen molar-refractivity contribution < 1.29 is 26.6 Å². The van der Waals surface area contributed by atoms with Crippen LogP contribution in [0, 0.1) is 12.7 Å². The van der Waals surface area contributed by atoms with Crippen LogP contribution >= 0.6 is 23.4 Å². The topological polar surface area (TPSA) is 80.8 Å². The smallest absolute Gasteiger partial charge is 0.339 e. The number of carbonyl (C=O) groups is 2. The van der Waals surface area contributed by atoms with Crippen molar-refractivity contribution in [1.29, 1.82) is 0 Å². The Morgan fingerprint density at radius 3 is 2.35 bits per heavy atom. The molecule has 0 aliphatic carbocycles. The van der Waals surface area contributed by atoms with Gasteiger partial charge < -0.3 is 4.18 Å². The number of thioether (sulfide) groups is 1. The highest BCUT2D eigenvalue weighted by atomic mass is 35.5. The van der Waals surface area contributed by atoms with Gasteiger partial charge in [-0.25, -0.2) is 4.39 Å². The quantitative estimate of drug-likeness (QED) is 0.304. The molecule has 174 valence electrons. The lowest BCUT2D eigenvalue weighted by molar-refractivity contribution is -0.123. The molecule has 2 amide bonds. The molecule has 6 nitrogen and oxygen atoms in total. The second-order valence-corrected chi connectivity index (χ2v) is 10.3. The molecule has 1 saturated heterocycles. The van der Waals surface area contributed by atoms with Gasteiger partial charge in [-0.2, -0.15) is 8.42 Å². The van der Waals surface area contributed by atoms with E-state index in [2.05, 4.69) is 0 Å². The van der Waals surface area contributed by atoms with E-state index in [1.54, 1.807) is 24.3 Å². The third-order valence-corrected chi connectivity index (χ3v) is 7.47. The predicted molar refractivity (Wildman–Crippen MR) is 128 cm³/mol. The van der Waals surface area contributed by atoms with Gasteiger partial charge in [0.05, 0.1) is 11.4 Å². The van der Waals surface area contributed by atoms with Crippen LogP contribution in [-0.2, 0) is 21.5 Å². The van der Waals surface area contributed by atoms with E-state index < -0.39 is 27.1 Å². The molecule has 0 radical (unpaired) electrons. The van der Waals surface area contributed by atoms with E-state index in [0.717, 1.165) is 22.2 Å². The highest BCUT2D eigenvalue weighted by Gasteiger charge is 2.35. The number of benzene rings is 3. The maximum absolute atomic E-state index is 14.1. The molecule has 1 heterocycles. The van der Waals surface area contributed by atoms with Gasteiger partial charge >= 0.3 is 10.1 Å². The maximum atomic E-state index is 14.1. The van der Waals surface area contributed by atoms with Crippen molar-refractivity contribution in [2.24, 2.45) is 0 Å². The molecule has 0 N–H and O–H groups in total. The normalized spacial score (nSPS) is 15.3. The lowest BCUT2D eigenvalue weighted by atomic mass is 10.2. The highest BCUT2D eigenvalue weighted by Crippen LogP contribution is 2.35. The lowest BCUT2D eigenvalue weighted by Crippen LogP contribution is -2.28. The Labute approximate surface area is 205 Å². The number of rotatable bonds is 6. The van der Waals surface area contributed by atoms with Gasteiger partial charge in [0.15, 0.2) is 0 Å². The van der Waals surface area contributed by atoms with Crippen molar-refractivity contribution in [1.82, 2.24) is 4.90 Å². The van der Waals surface area contributed by atoms with Gasteiger partial charge in [-0.1, -0.05) is 47.5 Å². The van der Waals surface area contributed by atoms with Gasteiger partial charge in [-0.05, 0) is 66.7 Å². The number of imide groups is 1. The number of hydrogen-bond donors (Lipinski definition) is 0. The van der Waals surface area contributed by atoms with Crippen molar-refractivity contribution in [2.75, 3.05) is 0 Å². The first-order chi connectivity index (χ1) is 16.1. The fourth-order valence-electron chi connectivity index (χ4n) is 3.13. The van der Waals surface area contributed by atoms with E-state index in [4.69, 9.17) is 15.8 Å². The largest absolute Gasteiger partial charge is 0.379 e. The summed E-state index contributed by atoms with van der Waals surface area (Å²) in [7, 11) is -3.99. The van der Waals surface area contributed by atoms with Crippen LogP contribution in [0.4, 0.5) is 9.18 Å². The first-order valence-electron chi connectivity index (χ1n) is 9.93. The van der Waals surface area contributed by atoms with Crippen LogP contribution in [-0.4, -0.2) is 24.5 Å². The zero-order valence-corrected chi connectivity index (χ0v) is 20.1. The first kappa shape index (κ1) is 24.0. The van der Waals surface area contributed by atoms with Crippen LogP contribution in [0.5, 0.6) is 5.75 Å². The Balaban J connectivity index is 1.48. The van der Waals surface area contributed by atoms with Crippen LogP contribution in [0.25, 0.3) is 6.08 Å². The van der Waals surface area contributed by atoms with Gasteiger partial charge in [0.1, 0.15) is 16.5 Å². The molecule has 0 unspecified atom stereocenters. The molecular formula is C24H17ClFNO5S2. The van der Waals surface area contributed by atoms with Crippen LogP contribution in [0.3, 0.4) is 0 Å². The zero-order valence-electron chi connectivity index (χ0n) is 17.7. The van der Waals surface area contributed by atoms with Gasteiger partial charge in [0, 0.05) is 10.6 Å². The van der Waals surface area contributed by atoms with Gasteiger partial charge in [0.25, 0.3) is 11.1 Å². The van der Waals surface area contributed by atoms with E-state index >= 15 is 0 Å². The van der Waals surface area contributed by atoms with E-state index in [0.29, 0.717) is 5.56 Å². The molecular weight excluding hydrogens is 501 g/mol. The number of hydrogen-bond acceptors (Lipinski definition) is 6. The second kappa shape index (κ2) is 9.61. The molecule has 3 aromatic carbocycles. The fraction of sp³-hybridized carbons (Fsp3) is 0.0833.